The molecule has 1 aromatic heterocycles. The second-order valence-electron chi connectivity index (χ2n) is 6.97. The van der Waals surface area contributed by atoms with Crippen LogP contribution in [0.4, 0.5) is 8.78 Å². The lowest BCUT2D eigenvalue weighted by Gasteiger charge is -2.15. The van der Waals surface area contributed by atoms with Crippen LogP contribution >= 0.6 is 0 Å². The van der Waals surface area contributed by atoms with Crippen molar-refractivity contribution >= 4 is 5.78 Å². The minimum atomic E-state index is -2.85. The van der Waals surface area contributed by atoms with E-state index in [1.807, 2.05) is 6.07 Å². The number of hydrogen-bond acceptors (Lipinski definition) is 6. The van der Waals surface area contributed by atoms with E-state index < -0.39 is 29.1 Å². The second kappa shape index (κ2) is 9.39. The van der Waals surface area contributed by atoms with Gasteiger partial charge in [0.1, 0.15) is 11.5 Å². The molecule has 0 saturated carbocycles. The number of aromatic nitrogens is 2. The molecule has 0 radical (unpaired) electrons. The molecule has 32 heavy (non-hydrogen) atoms. The molecule has 164 valence electrons. The van der Waals surface area contributed by atoms with Gasteiger partial charge in [0.15, 0.2) is 11.5 Å². The molecule has 7 nitrogen and oxygen atoms in total. The summed E-state index contributed by atoms with van der Waals surface area (Å²) in [5, 5.41) is 9.27. The standard InChI is InChI=1S/C23H19F2N3O4/c1-13-17(10-26)8-16(22(24)25)9-19(13)32-21-20(14(2)29)27-12-28(23(21)30)11-15-4-6-18(31-3)7-5-15/h4-9,12,22H,11H2,1-3H3. The fourth-order valence-corrected chi connectivity index (χ4v) is 3.02. The third-order valence-electron chi connectivity index (χ3n) is 4.81. The lowest BCUT2D eigenvalue weighted by molar-refractivity contribution is 0.100. The Morgan fingerprint density at radius 1 is 1.25 bits per heavy atom. The monoisotopic (exact) mass is 439 g/mol. The van der Waals surface area contributed by atoms with Gasteiger partial charge in [0.2, 0.25) is 5.75 Å². The van der Waals surface area contributed by atoms with Crippen LogP contribution in [0.15, 0.2) is 47.5 Å². The molecule has 0 fully saturated rings. The number of carbonyl (C=O) groups excluding carboxylic acids is 1. The van der Waals surface area contributed by atoms with Crippen molar-refractivity contribution in [2.45, 2.75) is 26.8 Å². The maximum atomic E-state index is 13.3. The van der Waals surface area contributed by atoms with Crippen LogP contribution in [0.3, 0.4) is 0 Å². The fourth-order valence-electron chi connectivity index (χ4n) is 3.02. The number of Topliss-reactive ketones (excluding diaryl/α,β-unsaturated/α-hetero) is 1. The molecule has 0 N–H and O–H groups in total. The molecule has 0 aliphatic heterocycles. The number of nitrogens with zero attached hydrogens (tertiary/aromatic N) is 3. The average Bonchev–Trinajstić information content (AvgIpc) is 2.77. The number of benzene rings is 2. The number of nitriles is 1. The summed E-state index contributed by atoms with van der Waals surface area (Å²) in [5.41, 5.74) is -0.337. The Bertz CT molecular complexity index is 1260. The molecular formula is C23H19F2N3O4. The predicted molar refractivity (Wildman–Crippen MR) is 112 cm³/mol. The Morgan fingerprint density at radius 3 is 2.50 bits per heavy atom. The normalized spacial score (nSPS) is 10.7. The predicted octanol–water partition coefficient (Wildman–Crippen LogP) is 4.41. The lowest BCUT2D eigenvalue weighted by atomic mass is 10.0. The Morgan fingerprint density at radius 2 is 1.94 bits per heavy atom. The first-order chi connectivity index (χ1) is 15.2. The smallest absolute Gasteiger partial charge is 0.297 e. The average molecular weight is 439 g/mol. The molecule has 0 aliphatic carbocycles. The van der Waals surface area contributed by atoms with Crippen LogP contribution in [-0.4, -0.2) is 22.4 Å². The third-order valence-corrected chi connectivity index (χ3v) is 4.81. The van der Waals surface area contributed by atoms with Gasteiger partial charge in [-0.1, -0.05) is 12.1 Å². The van der Waals surface area contributed by atoms with Crippen molar-refractivity contribution in [3.63, 3.8) is 0 Å². The van der Waals surface area contributed by atoms with Gasteiger partial charge in [-0.3, -0.25) is 14.2 Å². The van der Waals surface area contributed by atoms with Crippen molar-refractivity contribution in [2.75, 3.05) is 7.11 Å². The maximum Gasteiger partial charge on any atom is 0.297 e. The van der Waals surface area contributed by atoms with E-state index >= 15 is 0 Å². The molecular weight excluding hydrogens is 420 g/mol. The highest BCUT2D eigenvalue weighted by molar-refractivity contribution is 5.94. The van der Waals surface area contributed by atoms with Gasteiger partial charge in [0.25, 0.3) is 12.0 Å². The minimum absolute atomic E-state index is 0.0235. The van der Waals surface area contributed by atoms with Gasteiger partial charge in [-0.15, -0.1) is 0 Å². The van der Waals surface area contributed by atoms with Crippen LogP contribution in [0, 0.1) is 18.3 Å². The number of ketones is 1. The zero-order valence-electron chi connectivity index (χ0n) is 17.6. The molecule has 1 heterocycles. The van der Waals surface area contributed by atoms with E-state index in [0.29, 0.717) is 5.75 Å². The molecule has 0 aliphatic rings. The quantitative estimate of drug-likeness (QED) is 0.506. The topological polar surface area (TPSA) is 94.2 Å². The van der Waals surface area contributed by atoms with Crippen LogP contribution in [0.2, 0.25) is 0 Å². The Labute approximate surface area is 182 Å². The molecule has 0 saturated heterocycles. The van der Waals surface area contributed by atoms with Crippen LogP contribution in [0.1, 0.15) is 46.1 Å². The number of hydrogen-bond donors (Lipinski definition) is 0. The Kier molecular flexibility index (Phi) is 6.64. The van der Waals surface area contributed by atoms with Gasteiger partial charge in [-0.05, 0) is 36.8 Å². The molecule has 3 rings (SSSR count). The minimum Gasteiger partial charge on any atom is -0.497 e. The van der Waals surface area contributed by atoms with Crippen LogP contribution < -0.4 is 15.0 Å². The van der Waals surface area contributed by atoms with E-state index in [2.05, 4.69) is 4.98 Å². The van der Waals surface area contributed by atoms with E-state index in [4.69, 9.17) is 9.47 Å². The first kappa shape index (κ1) is 22.6. The molecule has 9 heteroatoms. The summed E-state index contributed by atoms with van der Waals surface area (Å²) in [7, 11) is 1.54. The third kappa shape index (κ3) is 4.64. The summed E-state index contributed by atoms with van der Waals surface area (Å²) < 4.78 is 38.6. The SMILES string of the molecule is COc1ccc(Cn2cnc(C(C)=O)c(Oc3cc(C(F)F)cc(C#N)c3C)c2=O)cc1. The summed E-state index contributed by atoms with van der Waals surface area (Å²) in [6.45, 7) is 2.85. The number of rotatable bonds is 7. The summed E-state index contributed by atoms with van der Waals surface area (Å²) in [6.07, 6.45) is -1.63. The first-order valence-electron chi connectivity index (χ1n) is 9.49. The lowest BCUT2D eigenvalue weighted by Crippen LogP contribution is -2.25. The van der Waals surface area contributed by atoms with Crippen LogP contribution in [-0.2, 0) is 6.54 Å². The van der Waals surface area contributed by atoms with Gasteiger partial charge in [0.05, 0.1) is 31.6 Å². The zero-order chi connectivity index (χ0) is 23.4. The molecule has 0 atom stereocenters. The second-order valence-corrected chi connectivity index (χ2v) is 6.97. The maximum absolute atomic E-state index is 13.3. The highest BCUT2D eigenvalue weighted by atomic mass is 19.3. The molecule has 0 spiro atoms. The molecule has 0 bridgehead atoms. The summed E-state index contributed by atoms with van der Waals surface area (Å²) in [5.74, 6) is -0.399. The number of carbonyl (C=O) groups is 1. The number of alkyl halides is 2. The Balaban J connectivity index is 2.08. The molecule has 0 unspecified atom stereocenters. The summed E-state index contributed by atoms with van der Waals surface area (Å²) in [6, 6.07) is 10.9. The number of methoxy groups -OCH3 is 1. The van der Waals surface area contributed by atoms with Crippen molar-refractivity contribution in [1.29, 1.82) is 5.26 Å². The van der Waals surface area contributed by atoms with E-state index in [1.54, 1.807) is 24.3 Å². The van der Waals surface area contributed by atoms with Gasteiger partial charge in [-0.2, -0.15) is 5.26 Å². The zero-order valence-corrected chi connectivity index (χ0v) is 17.6. The molecule has 0 amide bonds. The van der Waals surface area contributed by atoms with Crippen LogP contribution in [0.25, 0.3) is 0 Å². The highest BCUT2D eigenvalue weighted by Gasteiger charge is 2.21. The van der Waals surface area contributed by atoms with Crippen molar-refractivity contribution < 1.29 is 23.0 Å². The van der Waals surface area contributed by atoms with Gasteiger partial charge < -0.3 is 9.47 Å². The van der Waals surface area contributed by atoms with Crippen LogP contribution in [0.5, 0.6) is 17.2 Å². The van der Waals surface area contributed by atoms with Crippen molar-refractivity contribution in [2.24, 2.45) is 0 Å². The van der Waals surface area contributed by atoms with Crippen molar-refractivity contribution in [3.05, 3.63) is 81.0 Å². The van der Waals surface area contributed by atoms with Crippen molar-refractivity contribution in [1.82, 2.24) is 9.55 Å². The van der Waals surface area contributed by atoms with E-state index in [1.165, 1.54) is 31.9 Å². The summed E-state index contributed by atoms with van der Waals surface area (Å²) in [4.78, 5) is 29.2. The van der Waals surface area contributed by atoms with Gasteiger partial charge in [-0.25, -0.2) is 13.8 Å². The van der Waals surface area contributed by atoms with E-state index in [-0.39, 0.29) is 29.1 Å². The first-order valence-corrected chi connectivity index (χ1v) is 9.49. The van der Waals surface area contributed by atoms with E-state index in [0.717, 1.165) is 17.7 Å². The number of halogens is 2. The largest absolute Gasteiger partial charge is 0.497 e. The van der Waals surface area contributed by atoms with Crippen molar-refractivity contribution in [3.8, 4) is 23.3 Å². The van der Waals surface area contributed by atoms with Gasteiger partial charge in [0, 0.05) is 18.1 Å². The summed E-state index contributed by atoms with van der Waals surface area (Å²) >= 11 is 0. The fraction of sp³-hybridized carbons (Fsp3) is 0.217. The molecule has 2 aromatic carbocycles. The highest BCUT2D eigenvalue weighted by Crippen LogP contribution is 2.32. The van der Waals surface area contributed by atoms with E-state index in [9.17, 15) is 23.6 Å². The Hall–Kier alpha value is -4.06. The number of ether oxygens (including phenoxy) is 2. The molecule has 3 aromatic rings. The van der Waals surface area contributed by atoms with Gasteiger partial charge >= 0.3 is 0 Å².